The van der Waals surface area contributed by atoms with Gasteiger partial charge in [0.05, 0.1) is 11.3 Å². The van der Waals surface area contributed by atoms with Crippen molar-refractivity contribution in [3.63, 3.8) is 0 Å². The molecule has 5 nitrogen and oxygen atoms in total. The van der Waals surface area contributed by atoms with Gasteiger partial charge in [-0.15, -0.1) is 0 Å². The zero-order valence-electron chi connectivity index (χ0n) is 10.6. The lowest BCUT2D eigenvalue weighted by atomic mass is 10.1. The van der Waals surface area contributed by atoms with Crippen LogP contribution in [0.2, 0.25) is 0 Å². The van der Waals surface area contributed by atoms with Crippen LogP contribution in [0.4, 0.5) is 5.69 Å². The van der Waals surface area contributed by atoms with Gasteiger partial charge in [-0.25, -0.2) is 4.79 Å². The van der Waals surface area contributed by atoms with Gasteiger partial charge in [0.2, 0.25) is 5.91 Å². The highest BCUT2D eigenvalue weighted by atomic mass is 127. The summed E-state index contributed by atoms with van der Waals surface area (Å²) in [5, 5.41) is 11.7. The Balaban J connectivity index is 2.66. The third kappa shape index (κ3) is 5.56. The fourth-order valence-corrected chi connectivity index (χ4v) is 2.09. The van der Waals surface area contributed by atoms with Crippen molar-refractivity contribution in [3.05, 3.63) is 27.3 Å². The SMILES string of the molecule is CC(N)CCCC(=O)Nc1ccc(I)cc1C(=O)O. The number of carboxylic acid groups (broad SMARTS) is 1. The summed E-state index contributed by atoms with van der Waals surface area (Å²) in [5.74, 6) is -1.24. The van der Waals surface area contributed by atoms with E-state index < -0.39 is 5.97 Å². The number of hydrogen-bond donors (Lipinski definition) is 3. The van der Waals surface area contributed by atoms with Gasteiger partial charge in [-0.1, -0.05) is 0 Å². The summed E-state index contributed by atoms with van der Waals surface area (Å²) in [6.45, 7) is 1.89. The summed E-state index contributed by atoms with van der Waals surface area (Å²) in [7, 11) is 0. The highest BCUT2D eigenvalue weighted by Crippen LogP contribution is 2.19. The molecule has 0 fully saturated rings. The largest absolute Gasteiger partial charge is 0.478 e. The average Bonchev–Trinajstić information content (AvgIpc) is 2.30. The molecule has 0 aliphatic heterocycles. The van der Waals surface area contributed by atoms with Gasteiger partial charge >= 0.3 is 5.97 Å². The van der Waals surface area contributed by atoms with Crippen LogP contribution in [0.5, 0.6) is 0 Å². The Labute approximate surface area is 125 Å². The van der Waals surface area contributed by atoms with E-state index in [0.29, 0.717) is 18.5 Å². The maximum absolute atomic E-state index is 11.7. The van der Waals surface area contributed by atoms with Gasteiger partial charge in [-0.05, 0) is 60.6 Å². The Kier molecular flexibility index (Phi) is 6.23. The van der Waals surface area contributed by atoms with Gasteiger partial charge in [0, 0.05) is 16.0 Å². The molecule has 1 aromatic carbocycles. The number of carboxylic acids is 1. The first-order valence-electron chi connectivity index (χ1n) is 5.98. The van der Waals surface area contributed by atoms with Crippen LogP contribution in [0.1, 0.15) is 36.5 Å². The normalized spacial score (nSPS) is 11.9. The molecule has 0 heterocycles. The van der Waals surface area contributed by atoms with Crippen molar-refractivity contribution in [2.75, 3.05) is 5.32 Å². The number of carbonyl (C=O) groups is 2. The maximum Gasteiger partial charge on any atom is 0.337 e. The molecule has 0 aliphatic carbocycles. The lowest BCUT2D eigenvalue weighted by molar-refractivity contribution is -0.116. The van der Waals surface area contributed by atoms with Crippen LogP contribution >= 0.6 is 22.6 Å². The Morgan fingerprint density at radius 1 is 1.47 bits per heavy atom. The quantitative estimate of drug-likeness (QED) is 0.665. The van der Waals surface area contributed by atoms with Gasteiger partial charge in [-0.2, -0.15) is 0 Å². The number of hydrogen-bond acceptors (Lipinski definition) is 3. The summed E-state index contributed by atoms with van der Waals surface area (Å²) in [4.78, 5) is 22.8. The van der Waals surface area contributed by atoms with E-state index in [2.05, 4.69) is 5.32 Å². The number of amides is 1. The second kappa shape index (κ2) is 7.44. The fraction of sp³-hybridized carbons (Fsp3) is 0.385. The molecule has 1 atom stereocenters. The van der Waals surface area contributed by atoms with Crippen molar-refractivity contribution >= 4 is 40.2 Å². The lowest BCUT2D eigenvalue weighted by Crippen LogP contribution is -2.17. The molecule has 0 aromatic heterocycles. The molecule has 4 N–H and O–H groups in total. The highest BCUT2D eigenvalue weighted by Gasteiger charge is 2.12. The van der Waals surface area contributed by atoms with Gasteiger partial charge < -0.3 is 16.2 Å². The van der Waals surface area contributed by atoms with Gasteiger partial charge in [-0.3, -0.25) is 4.79 Å². The number of nitrogens with one attached hydrogen (secondary N) is 1. The summed E-state index contributed by atoms with van der Waals surface area (Å²) in [6, 6.07) is 4.96. The first-order chi connectivity index (χ1) is 8.90. The van der Waals surface area contributed by atoms with Gasteiger partial charge in [0.15, 0.2) is 0 Å². The second-order valence-electron chi connectivity index (χ2n) is 4.41. The molecule has 104 valence electrons. The molecular formula is C13H17IN2O3. The molecule has 0 saturated carbocycles. The van der Waals surface area contributed by atoms with Crippen LogP contribution in [-0.2, 0) is 4.79 Å². The van der Waals surface area contributed by atoms with Gasteiger partial charge in [0.25, 0.3) is 0 Å². The van der Waals surface area contributed by atoms with Crippen LogP contribution in [0, 0.1) is 3.57 Å². The van der Waals surface area contributed by atoms with E-state index in [9.17, 15) is 9.59 Å². The van der Waals surface area contributed by atoms with E-state index in [-0.39, 0.29) is 17.5 Å². The Morgan fingerprint density at radius 3 is 2.74 bits per heavy atom. The Bertz CT molecular complexity index is 475. The average molecular weight is 376 g/mol. The zero-order chi connectivity index (χ0) is 14.4. The minimum Gasteiger partial charge on any atom is -0.478 e. The Morgan fingerprint density at radius 2 is 2.16 bits per heavy atom. The third-order valence-electron chi connectivity index (χ3n) is 2.55. The molecule has 1 amide bonds. The number of rotatable bonds is 6. The van der Waals surface area contributed by atoms with Crippen LogP contribution in [-0.4, -0.2) is 23.0 Å². The monoisotopic (exact) mass is 376 g/mol. The van der Waals surface area contributed by atoms with Crippen LogP contribution < -0.4 is 11.1 Å². The van der Waals surface area contributed by atoms with E-state index in [1.807, 2.05) is 29.5 Å². The number of halogens is 1. The number of nitrogens with two attached hydrogens (primary N) is 1. The standard InChI is InChI=1S/C13H17IN2O3/c1-8(15)3-2-4-12(17)16-11-6-5-9(14)7-10(11)13(18)19/h5-8H,2-4,15H2,1H3,(H,16,17)(H,18,19). The van der Waals surface area contributed by atoms with E-state index in [1.165, 1.54) is 6.07 Å². The summed E-state index contributed by atoms with van der Waals surface area (Å²) in [6.07, 6.45) is 1.80. The summed E-state index contributed by atoms with van der Waals surface area (Å²) >= 11 is 2.03. The fourth-order valence-electron chi connectivity index (χ4n) is 1.60. The van der Waals surface area contributed by atoms with Crippen molar-refractivity contribution in [1.29, 1.82) is 0 Å². The van der Waals surface area contributed by atoms with Crippen molar-refractivity contribution in [2.45, 2.75) is 32.2 Å². The molecule has 0 aliphatic rings. The van der Waals surface area contributed by atoms with Crippen molar-refractivity contribution in [2.24, 2.45) is 5.73 Å². The van der Waals surface area contributed by atoms with Crippen molar-refractivity contribution in [3.8, 4) is 0 Å². The minimum absolute atomic E-state index is 0.0701. The lowest BCUT2D eigenvalue weighted by Gasteiger charge is -2.09. The first kappa shape index (κ1) is 15.9. The van der Waals surface area contributed by atoms with E-state index in [0.717, 1.165) is 9.99 Å². The van der Waals surface area contributed by atoms with Crippen molar-refractivity contribution in [1.82, 2.24) is 0 Å². The first-order valence-corrected chi connectivity index (χ1v) is 7.06. The molecule has 0 radical (unpaired) electrons. The van der Waals surface area contributed by atoms with Gasteiger partial charge in [0.1, 0.15) is 0 Å². The number of carbonyl (C=O) groups excluding carboxylic acids is 1. The predicted molar refractivity (Wildman–Crippen MR) is 82.2 cm³/mol. The van der Waals surface area contributed by atoms with E-state index in [4.69, 9.17) is 10.8 Å². The molecule has 1 unspecified atom stereocenters. The Hall–Kier alpha value is -1.15. The molecule has 19 heavy (non-hydrogen) atoms. The minimum atomic E-state index is -1.05. The summed E-state index contributed by atoms with van der Waals surface area (Å²) < 4.78 is 0.810. The number of aromatic carboxylic acids is 1. The molecule has 1 aromatic rings. The maximum atomic E-state index is 11.7. The van der Waals surface area contributed by atoms with E-state index >= 15 is 0 Å². The highest BCUT2D eigenvalue weighted by molar-refractivity contribution is 14.1. The smallest absolute Gasteiger partial charge is 0.337 e. The van der Waals surface area contributed by atoms with Crippen LogP contribution in [0.15, 0.2) is 18.2 Å². The van der Waals surface area contributed by atoms with Crippen LogP contribution in [0.3, 0.4) is 0 Å². The molecule has 1 rings (SSSR count). The molecule has 0 saturated heterocycles. The molecular weight excluding hydrogens is 359 g/mol. The van der Waals surface area contributed by atoms with E-state index in [1.54, 1.807) is 12.1 Å². The summed E-state index contributed by atoms with van der Waals surface area (Å²) in [5.41, 5.74) is 6.04. The second-order valence-corrected chi connectivity index (χ2v) is 5.66. The number of anilines is 1. The van der Waals surface area contributed by atoms with Crippen LogP contribution in [0.25, 0.3) is 0 Å². The number of benzene rings is 1. The zero-order valence-corrected chi connectivity index (χ0v) is 12.8. The molecule has 0 spiro atoms. The third-order valence-corrected chi connectivity index (χ3v) is 3.22. The topological polar surface area (TPSA) is 92.4 Å². The predicted octanol–water partition coefficient (Wildman–Crippen LogP) is 2.45. The molecule has 0 bridgehead atoms. The van der Waals surface area contributed by atoms with Crippen molar-refractivity contribution < 1.29 is 14.7 Å². The molecule has 6 heteroatoms.